The minimum absolute atomic E-state index is 0.437. The van der Waals surface area contributed by atoms with Crippen molar-refractivity contribution in [3.05, 3.63) is 42.2 Å². The number of nitrogens with zero attached hydrogens (tertiary/aromatic N) is 3. The molecule has 1 N–H and O–H groups in total. The highest BCUT2D eigenvalue weighted by Gasteiger charge is 2.18. The SMILES string of the molecule is COC(=O)C(O)c1cccc(-n2nccn2)c1. The number of aromatic nitrogens is 3. The molecule has 0 amide bonds. The number of aliphatic hydroxyl groups is 1. The first kappa shape index (κ1) is 11.3. The Hall–Kier alpha value is -2.21. The molecule has 0 bridgehead atoms. The average Bonchev–Trinajstić information content (AvgIpc) is 2.91. The van der Waals surface area contributed by atoms with Gasteiger partial charge in [-0.25, -0.2) is 4.79 Å². The number of ether oxygens (including phenoxy) is 1. The van der Waals surface area contributed by atoms with Gasteiger partial charge in [-0.1, -0.05) is 12.1 Å². The minimum atomic E-state index is -1.30. The smallest absolute Gasteiger partial charge is 0.339 e. The van der Waals surface area contributed by atoms with Gasteiger partial charge in [0, 0.05) is 0 Å². The van der Waals surface area contributed by atoms with Crippen LogP contribution in [0.3, 0.4) is 0 Å². The van der Waals surface area contributed by atoms with Gasteiger partial charge in [0.1, 0.15) is 0 Å². The molecule has 0 spiro atoms. The molecule has 1 atom stereocenters. The Kier molecular flexibility index (Phi) is 3.15. The lowest BCUT2D eigenvalue weighted by molar-refractivity contribution is -0.150. The molecule has 2 rings (SSSR count). The number of aliphatic hydroxyl groups excluding tert-OH is 1. The molecule has 0 fully saturated rings. The maximum atomic E-state index is 11.2. The van der Waals surface area contributed by atoms with Crippen LogP contribution in [0.1, 0.15) is 11.7 Å². The van der Waals surface area contributed by atoms with Crippen LogP contribution in [0.15, 0.2) is 36.7 Å². The van der Waals surface area contributed by atoms with E-state index in [1.165, 1.54) is 11.9 Å². The minimum Gasteiger partial charge on any atom is -0.467 e. The Bertz CT molecular complexity index is 510. The van der Waals surface area contributed by atoms with E-state index in [9.17, 15) is 9.90 Å². The molecule has 0 saturated heterocycles. The van der Waals surface area contributed by atoms with E-state index in [-0.39, 0.29) is 0 Å². The number of methoxy groups -OCH3 is 1. The van der Waals surface area contributed by atoms with E-state index in [2.05, 4.69) is 14.9 Å². The Morgan fingerprint density at radius 2 is 2.12 bits per heavy atom. The van der Waals surface area contributed by atoms with E-state index in [4.69, 9.17) is 0 Å². The fourth-order valence-corrected chi connectivity index (χ4v) is 1.42. The first-order valence-electron chi connectivity index (χ1n) is 4.95. The molecule has 88 valence electrons. The lowest BCUT2D eigenvalue weighted by Crippen LogP contribution is -2.13. The van der Waals surface area contributed by atoms with Gasteiger partial charge in [0.05, 0.1) is 25.2 Å². The third-order valence-electron chi connectivity index (χ3n) is 2.26. The predicted molar refractivity (Wildman–Crippen MR) is 58.3 cm³/mol. The van der Waals surface area contributed by atoms with Crippen LogP contribution in [-0.4, -0.2) is 33.2 Å². The Labute approximate surface area is 97.4 Å². The average molecular weight is 233 g/mol. The van der Waals surface area contributed by atoms with Crippen LogP contribution in [0.5, 0.6) is 0 Å². The summed E-state index contributed by atoms with van der Waals surface area (Å²) in [6, 6.07) is 6.74. The zero-order chi connectivity index (χ0) is 12.3. The van der Waals surface area contributed by atoms with E-state index in [0.717, 1.165) is 0 Å². The zero-order valence-electron chi connectivity index (χ0n) is 9.15. The number of hydrogen-bond donors (Lipinski definition) is 1. The summed E-state index contributed by atoms with van der Waals surface area (Å²) in [4.78, 5) is 12.6. The standard InChI is InChI=1S/C11H11N3O3/c1-17-11(16)10(15)8-3-2-4-9(7-8)14-12-5-6-13-14/h2-7,10,15H,1H3. The first-order chi connectivity index (χ1) is 8.22. The topological polar surface area (TPSA) is 77.2 Å². The van der Waals surface area contributed by atoms with E-state index >= 15 is 0 Å². The molecule has 0 saturated carbocycles. The molecule has 1 aromatic carbocycles. The van der Waals surface area contributed by atoms with Crippen LogP contribution in [0, 0.1) is 0 Å². The molecular formula is C11H11N3O3. The van der Waals surface area contributed by atoms with Gasteiger partial charge >= 0.3 is 5.97 Å². The highest BCUT2D eigenvalue weighted by molar-refractivity contribution is 5.76. The highest BCUT2D eigenvalue weighted by Crippen LogP contribution is 2.17. The van der Waals surface area contributed by atoms with E-state index in [1.54, 1.807) is 36.7 Å². The molecule has 1 heterocycles. The monoisotopic (exact) mass is 233 g/mol. The normalized spacial score (nSPS) is 12.1. The van der Waals surface area contributed by atoms with E-state index in [0.29, 0.717) is 11.3 Å². The molecule has 1 aromatic heterocycles. The Balaban J connectivity index is 2.32. The summed E-state index contributed by atoms with van der Waals surface area (Å²) in [5, 5.41) is 17.6. The van der Waals surface area contributed by atoms with Crippen molar-refractivity contribution in [2.75, 3.05) is 7.11 Å². The van der Waals surface area contributed by atoms with Gasteiger partial charge in [0.2, 0.25) is 0 Å². The van der Waals surface area contributed by atoms with Crippen molar-refractivity contribution in [1.82, 2.24) is 15.0 Å². The van der Waals surface area contributed by atoms with Gasteiger partial charge in [-0.15, -0.1) is 0 Å². The summed E-state index contributed by atoms with van der Waals surface area (Å²) in [6.07, 6.45) is 1.79. The third kappa shape index (κ3) is 2.31. The number of esters is 1. The predicted octanol–water partition coefficient (Wildman–Crippen LogP) is 0.474. The van der Waals surface area contributed by atoms with Crippen LogP contribution in [0.4, 0.5) is 0 Å². The Morgan fingerprint density at radius 3 is 2.76 bits per heavy atom. The quantitative estimate of drug-likeness (QED) is 0.780. The number of carbonyl (C=O) groups excluding carboxylic acids is 1. The van der Waals surface area contributed by atoms with E-state index < -0.39 is 12.1 Å². The molecule has 0 aliphatic carbocycles. The molecule has 6 heteroatoms. The third-order valence-corrected chi connectivity index (χ3v) is 2.26. The van der Waals surface area contributed by atoms with Crippen molar-refractivity contribution in [3.8, 4) is 5.69 Å². The van der Waals surface area contributed by atoms with Gasteiger partial charge in [-0.2, -0.15) is 15.0 Å². The molecule has 6 nitrogen and oxygen atoms in total. The molecule has 17 heavy (non-hydrogen) atoms. The van der Waals surface area contributed by atoms with Crippen molar-refractivity contribution in [2.45, 2.75) is 6.10 Å². The summed E-state index contributed by atoms with van der Waals surface area (Å²) < 4.78 is 4.47. The van der Waals surface area contributed by atoms with Crippen molar-refractivity contribution in [3.63, 3.8) is 0 Å². The Morgan fingerprint density at radius 1 is 1.41 bits per heavy atom. The fraction of sp³-hybridized carbons (Fsp3) is 0.182. The fourth-order valence-electron chi connectivity index (χ4n) is 1.42. The summed E-state index contributed by atoms with van der Waals surface area (Å²) in [5.41, 5.74) is 1.10. The summed E-state index contributed by atoms with van der Waals surface area (Å²) in [7, 11) is 1.23. The number of carbonyl (C=O) groups is 1. The van der Waals surface area contributed by atoms with Crippen molar-refractivity contribution < 1.29 is 14.6 Å². The molecular weight excluding hydrogens is 222 g/mol. The van der Waals surface area contributed by atoms with Gasteiger partial charge < -0.3 is 9.84 Å². The second-order valence-corrected chi connectivity index (χ2v) is 3.34. The molecule has 0 aliphatic heterocycles. The molecule has 0 radical (unpaired) electrons. The summed E-state index contributed by atoms with van der Waals surface area (Å²) >= 11 is 0. The van der Waals surface area contributed by atoms with Crippen LogP contribution < -0.4 is 0 Å². The van der Waals surface area contributed by atoms with Crippen LogP contribution in [0.25, 0.3) is 5.69 Å². The molecule has 2 aromatic rings. The zero-order valence-corrected chi connectivity index (χ0v) is 9.15. The molecule has 0 aliphatic rings. The number of benzene rings is 1. The number of rotatable bonds is 3. The second kappa shape index (κ2) is 4.75. The summed E-state index contributed by atoms with van der Waals surface area (Å²) in [6.45, 7) is 0. The van der Waals surface area contributed by atoms with Crippen LogP contribution >= 0.6 is 0 Å². The van der Waals surface area contributed by atoms with Gasteiger partial charge in [0.25, 0.3) is 0 Å². The van der Waals surface area contributed by atoms with Gasteiger partial charge in [-0.05, 0) is 17.7 Å². The lowest BCUT2D eigenvalue weighted by Gasteiger charge is -2.09. The van der Waals surface area contributed by atoms with Gasteiger partial charge in [0.15, 0.2) is 6.10 Å². The van der Waals surface area contributed by atoms with Crippen molar-refractivity contribution >= 4 is 5.97 Å². The second-order valence-electron chi connectivity index (χ2n) is 3.34. The molecule has 1 unspecified atom stereocenters. The maximum absolute atomic E-state index is 11.2. The first-order valence-corrected chi connectivity index (χ1v) is 4.95. The van der Waals surface area contributed by atoms with Crippen LogP contribution in [0.2, 0.25) is 0 Å². The largest absolute Gasteiger partial charge is 0.467 e. The number of hydrogen-bond acceptors (Lipinski definition) is 5. The van der Waals surface area contributed by atoms with Crippen molar-refractivity contribution in [2.24, 2.45) is 0 Å². The van der Waals surface area contributed by atoms with Crippen molar-refractivity contribution in [1.29, 1.82) is 0 Å². The summed E-state index contributed by atoms with van der Waals surface area (Å²) in [5.74, 6) is -0.699. The van der Waals surface area contributed by atoms with E-state index in [1.807, 2.05) is 0 Å². The lowest BCUT2D eigenvalue weighted by atomic mass is 10.1. The highest BCUT2D eigenvalue weighted by atomic mass is 16.5. The van der Waals surface area contributed by atoms with Gasteiger partial charge in [-0.3, -0.25) is 0 Å². The van der Waals surface area contributed by atoms with Crippen LogP contribution in [-0.2, 0) is 9.53 Å². The maximum Gasteiger partial charge on any atom is 0.339 e.